The number of hydrogen-bond donors (Lipinski definition) is 0. The monoisotopic (exact) mass is 318 g/mol. The van der Waals surface area contributed by atoms with Gasteiger partial charge in [-0.25, -0.2) is 4.79 Å². The molecule has 5 atom stereocenters. The second-order valence-corrected chi connectivity index (χ2v) is 7.59. The van der Waals surface area contributed by atoms with Gasteiger partial charge < -0.3 is 14.2 Å². The van der Waals surface area contributed by atoms with Gasteiger partial charge in [-0.15, -0.1) is 0 Å². The van der Waals surface area contributed by atoms with Crippen LogP contribution in [0.5, 0.6) is 0 Å². The number of esters is 1. The maximum atomic E-state index is 11.9. The highest BCUT2D eigenvalue weighted by atomic mass is 32.2. The molecule has 0 saturated carbocycles. The minimum atomic E-state index is -3.58. The lowest BCUT2D eigenvalue weighted by Gasteiger charge is -2.30. The predicted molar refractivity (Wildman–Crippen MR) is 71.0 cm³/mol. The summed E-state index contributed by atoms with van der Waals surface area (Å²) in [5.74, 6) is -0.478. The van der Waals surface area contributed by atoms with Crippen molar-refractivity contribution in [2.45, 2.75) is 49.4 Å². The highest BCUT2D eigenvalue weighted by Gasteiger charge is 2.72. The van der Waals surface area contributed by atoms with Crippen LogP contribution in [0.1, 0.15) is 20.3 Å². The van der Waals surface area contributed by atoms with E-state index in [1.807, 2.05) is 0 Å². The molecule has 0 N–H and O–H groups in total. The second kappa shape index (κ2) is 4.77. The molecule has 2 bridgehead atoms. The van der Waals surface area contributed by atoms with Gasteiger partial charge >= 0.3 is 5.97 Å². The Bertz CT molecular complexity index is 583. The quantitative estimate of drug-likeness (QED) is 0.308. The largest absolute Gasteiger partial charge is 0.460 e. The van der Waals surface area contributed by atoms with Crippen molar-refractivity contribution < 1.29 is 31.6 Å². The van der Waals surface area contributed by atoms with E-state index in [2.05, 4.69) is 6.58 Å². The van der Waals surface area contributed by atoms with Gasteiger partial charge in [-0.1, -0.05) is 6.58 Å². The van der Waals surface area contributed by atoms with Crippen LogP contribution in [-0.4, -0.2) is 56.8 Å². The summed E-state index contributed by atoms with van der Waals surface area (Å²) in [5, 5.41) is -0.589. The minimum absolute atomic E-state index is 0.0752. The molecule has 0 aromatic rings. The first kappa shape index (κ1) is 15.0. The van der Waals surface area contributed by atoms with Crippen molar-refractivity contribution in [3.8, 4) is 0 Å². The second-order valence-electron chi connectivity index (χ2n) is 5.84. The van der Waals surface area contributed by atoms with Crippen molar-refractivity contribution in [2.75, 3.05) is 13.2 Å². The van der Waals surface area contributed by atoms with Crippen LogP contribution in [0.4, 0.5) is 0 Å². The Labute approximate surface area is 123 Å². The molecule has 3 aliphatic heterocycles. The molecule has 21 heavy (non-hydrogen) atoms. The number of ether oxygens (including phenoxy) is 3. The third-order valence-electron chi connectivity index (χ3n) is 4.22. The molecule has 3 heterocycles. The standard InChI is InChI=1S/C13H18O7S/c1-7(2)12(14)18-5-4-17-10-8-6-9-11(19-8)13(10,3)20-21(9,15)16/h8-11H,1,4-6H2,2-3H3. The normalized spacial score (nSPS) is 42.2. The summed E-state index contributed by atoms with van der Waals surface area (Å²) in [5.41, 5.74) is -0.664. The fraction of sp³-hybridized carbons (Fsp3) is 0.769. The first-order valence-corrected chi connectivity index (χ1v) is 8.27. The van der Waals surface area contributed by atoms with Crippen molar-refractivity contribution in [1.82, 2.24) is 0 Å². The Morgan fingerprint density at radius 1 is 1.43 bits per heavy atom. The van der Waals surface area contributed by atoms with E-state index in [0.717, 1.165) is 0 Å². The summed E-state index contributed by atoms with van der Waals surface area (Å²) in [7, 11) is -3.58. The predicted octanol–water partition coefficient (Wildman–Crippen LogP) is 0.149. The number of carbonyl (C=O) groups is 1. The van der Waals surface area contributed by atoms with Gasteiger partial charge in [0.25, 0.3) is 10.1 Å². The summed E-state index contributed by atoms with van der Waals surface area (Å²) in [4.78, 5) is 11.2. The van der Waals surface area contributed by atoms with E-state index in [4.69, 9.17) is 18.4 Å². The molecule has 3 aliphatic rings. The Hall–Kier alpha value is -0.960. The van der Waals surface area contributed by atoms with Crippen molar-refractivity contribution in [2.24, 2.45) is 0 Å². The van der Waals surface area contributed by atoms with Crippen LogP contribution >= 0.6 is 0 Å². The van der Waals surface area contributed by atoms with E-state index in [1.165, 1.54) is 0 Å². The van der Waals surface area contributed by atoms with Gasteiger partial charge in [-0.2, -0.15) is 8.42 Å². The molecule has 3 saturated heterocycles. The van der Waals surface area contributed by atoms with Gasteiger partial charge in [-0.3, -0.25) is 4.18 Å². The average Bonchev–Trinajstić information content (AvgIpc) is 2.95. The Balaban J connectivity index is 1.59. The lowest BCUT2D eigenvalue weighted by molar-refractivity contribution is -0.143. The maximum absolute atomic E-state index is 11.9. The van der Waals surface area contributed by atoms with Crippen molar-refractivity contribution in [3.05, 3.63) is 12.2 Å². The van der Waals surface area contributed by atoms with Crippen LogP contribution in [0.3, 0.4) is 0 Å². The molecule has 0 aliphatic carbocycles. The van der Waals surface area contributed by atoms with Crippen molar-refractivity contribution in [1.29, 1.82) is 0 Å². The van der Waals surface area contributed by atoms with Crippen LogP contribution in [0, 0.1) is 0 Å². The van der Waals surface area contributed by atoms with Gasteiger partial charge in [0.15, 0.2) is 0 Å². The SMILES string of the molecule is C=C(C)C(=O)OCCOC1C2CC3C(O2)C1(C)OS3(=O)=O. The average molecular weight is 318 g/mol. The van der Waals surface area contributed by atoms with Crippen LogP contribution < -0.4 is 0 Å². The number of hydrogen-bond acceptors (Lipinski definition) is 7. The molecule has 3 rings (SSSR count). The molecule has 3 fully saturated rings. The van der Waals surface area contributed by atoms with Gasteiger partial charge in [0.2, 0.25) is 0 Å². The summed E-state index contributed by atoms with van der Waals surface area (Å²) in [6, 6.07) is 0. The highest BCUT2D eigenvalue weighted by Crippen LogP contribution is 2.54. The molecule has 5 unspecified atom stereocenters. The molecular weight excluding hydrogens is 300 g/mol. The zero-order valence-corrected chi connectivity index (χ0v) is 12.7. The van der Waals surface area contributed by atoms with Crippen LogP contribution in [0.2, 0.25) is 0 Å². The molecule has 0 aromatic carbocycles. The van der Waals surface area contributed by atoms with E-state index in [1.54, 1.807) is 13.8 Å². The van der Waals surface area contributed by atoms with Gasteiger partial charge in [0, 0.05) is 5.57 Å². The van der Waals surface area contributed by atoms with Crippen molar-refractivity contribution in [3.63, 3.8) is 0 Å². The highest BCUT2D eigenvalue weighted by molar-refractivity contribution is 7.87. The molecule has 0 spiro atoms. The third kappa shape index (κ3) is 2.21. The molecule has 0 amide bonds. The van der Waals surface area contributed by atoms with Crippen LogP contribution in [0.25, 0.3) is 0 Å². The van der Waals surface area contributed by atoms with Crippen LogP contribution in [-0.2, 0) is 33.3 Å². The maximum Gasteiger partial charge on any atom is 0.333 e. The Morgan fingerprint density at radius 3 is 2.81 bits per heavy atom. The first-order valence-electron chi connectivity index (χ1n) is 6.80. The zero-order valence-electron chi connectivity index (χ0n) is 11.9. The van der Waals surface area contributed by atoms with E-state index < -0.39 is 39.1 Å². The van der Waals surface area contributed by atoms with E-state index in [9.17, 15) is 13.2 Å². The topological polar surface area (TPSA) is 88.1 Å². The Kier molecular flexibility index (Phi) is 3.40. The number of carbonyl (C=O) groups excluding carboxylic acids is 1. The van der Waals surface area contributed by atoms with E-state index >= 15 is 0 Å². The summed E-state index contributed by atoms with van der Waals surface area (Å²) < 4.78 is 45.3. The molecule has 0 radical (unpaired) electrons. The van der Waals surface area contributed by atoms with Crippen molar-refractivity contribution >= 4 is 16.1 Å². The van der Waals surface area contributed by atoms with Crippen LogP contribution in [0.15, 0.2) is 12.2 Å². The minimum Gasteiger partial charge on any atom is -0.460 e. The Morgan fingerprint density at radius 2 is 2.14 bits per heavy atom. The fourth-order valence-electron chi connectivity index (χ4n) is 3.30. The summed E-state index contributed by atoms with van der Waals surface area (Å²) in [6.45, 7) is 6.96. The van der Waals surface area contributed by atoms with E-state index in [0.29, 0.717) is 12.0 Å². The molecule has 0 aromatic heterocycles. The first-order chi connectivity index (χ1) is 9.75. The summed E-state index contributed by atoms with van der Waals surface area (Å²) in [6.07, 6.45) is -0.854. The lowest BCUT2D eigenvalue weighted by Crippen LogP contribution is -2.50. The number of rotatable bonds is 5. The number of fused-ring (bicyclic) bond motifs is 1. The van der Waals surface area contributed by atoms with Gasteiger partial charge in [-0.05, 0) is 20.3 Å². The van der Waals surface area contributed by atoms with Gasteiger partial charge in [0.1, 0.15) is 29.7 Å². The zero-order chi connectivity index (χ0) is 15.4. The third-order valence-corrected chi connectivity index (χ3v) is 5.99. The molecule has 7 nitrogen and oxygen atoms in total. The molecular formula is C13H18O7S. The smallest absolute Gasteiger partial charge is 0.333 e. The van der Waals surface area contributed by atoms with E-state index in [-0.39, 0.29) is 19.3 Å². The molecule has 118 valence electrons. The lowest BCUT2D eigenvalue weighted by atomic mass is 9.83. The molecule has 8 heteroatoms. The van der Waals surface area contributed by atoms with Gasteiger partial charge in [0.05, 0.1) is 12.7 Å². The fourth-order valence-corrected chi connectivity index (χ4v) is 5.17. The summed E-state index contributed by atoms with van der Waals surface area (Å²) >= 11 is 0.